The van der Waals surface area contributed by atoms with E-state index >= 15 is 0 Å². The topological polar surface area (TPSA) is 131 Å². The summed E-state index contributed by atoms with van der Waals surface area (Å²) < 4.78 is 0. The van der Waals surface area contributed by atoms with Crippen molar-refractivity contribution in [3.8, 4) is 5.75 Å². The summed E-state index contributed by atoms with van der Waals surface area (Å²) in [6, 6.07) is 7.38. The van der Waals surface area contributed by atoms with Crippen LogP contribution in [0.1, 0.15) is 16.7 Å². The third-order valence-electron chi connectivity index (χ3n) is 3.29. The fourth-order valence-electron chi connectivity index (χ4n) is 2.00. The molecule has 0 bridgehead atoms. The summed E-state index contributed by atoms with van der Waals surface area (Å²) in [6.07, 6.45) is 1.09. The van der Waals surface area contributed by atoms with Gasteiger partial charge < -0.3 is 5.11 Å². The lowest BCUT2D eigenvalue weighted by Gasteiger charge is -2.06. The summed E-state index contributed by atoms with van der Waals surface area (Å²) in [5, 5.41) is 35.5. The Morgan fingerprint density at radius 1 is 1.12 bits per heavy atom. The zero-order valence-corrected chi connectivity index (χ0v) is 12.9. The van der Waals surface area contributed by atoms with E-state index in [1.54, 1.807) is 0 Å². The minimum atomic E-state index is -0.891. The minimum absolute atomic E-state index is 0.131. The number of nitro benzene ring substituents is 2. The van der Waals surface area contributed by atoms with Crippen LogP contribution in [0.5, 0.6) is 5.75 Å². The van der Waals surface area contributed by atoms with E-state index < -0.39 is 27.0 Å². The van der Waals surface area contributed by atoms with Crippen molar-refractivity contribution in [2.75, 3.05) is 5.43 Å². The summed E-state index contributed by atoms with van der Waals surface area (Å²) in [4.78, 5) is 20.1. The number of rotatable bonds is 5. The maximum absolute atomic E-state index is 10.9. The zero-order chi connectivity index (χ0) is 17.9. The first-order valence-corrected chi connectivity index (χ1v) is 6.81. The lowest BCUT2D eigenvalue weighted by Crippen LogP contribution is -1.98. The summed E-state index contributed by atoms with van der Waals surface area (Å²) >= 11 is 0. The van der Waals surface area contributed by atoms with Crippen molar-refractivity contribution in [2.24, 2.45) is 5.10 Å². The quantitative estimate of drug-likeness (QED) is 0.491. The maximum Gasteiger partial charge on any atom is 0.318 e. The monoisotopic (exact) mass is 330 g/mol. The normalized spacial score (nSPS) is 10.8. The number of hydrazone groups is 1. The van der Waals surface area contributed by atoms with Gasteiger partial charge in [-0.1, -0.05) is 12.1 Å². The number of hydrogen-bond donors (Lipinski definition) is 2. The fraction of sp³-hybridized carbons (Fsp3) is 0.133. The molecule has 0 radical (unpaired) electrons. The van der Waals surface area contributed by atoms with Crippen molar-refractivity contribution in [2.45, 2.75) is 13.8 Å². The van der Waals surface area contributed by atoms with Gasteiger partial charge in [0.2, 0.25) is 5.75 Å². The third-order valence-corrected chi connectivity index (χ3v) is 3.29. The molecule has 2 N–H and O–H groups in total. The van der Waals surface area contributed by atoms with Crippen molar-refractivity contribution < 1.29 is 15.0 Å². The Kier molecular flexibility index (Phi) is 4.73. The van der Waals surface area contributed by atoms with Gasteiger partial charge >= 0.3 is 5.69 Å². The van der Waals surface area contributed by atoms with E-state index in [1.807, 2.05) is 32.0 Å². The molecule has 0 aromatic heterocycles. The molecule has 0 saturated carbocycles. The van der Waals surface area contributed by atoms with Crippen LogP contribution < -0.4 is 5.43 Å². The van der Waals surface area contributed by atoms with Gasteiger partial charge in [0.25, 0.3) is 5.69 Å². The van der Waals surface area contributed by atoms with Crippen LogP contribution in [0.4, 0.5) is 17.1 Å². The van der Waals surface area contributed by atoms with Gasteiger partial charge in [0, 0.05) is 6.07 Å². The van der Waals surface area contributed by atoms with Crippen LogP contribution in [0.15, 0.2) is 35.4 Å². The van der Waals surface area contributed by atoms with Crippen molar-refractivity contribution >= 4 is 23.3 Å². The number of aryl methyl sites for hydroxylation is 2. The van der Waals surface area contributed by atoms with Gasteiger partial charge in [-0.15, -0.1) is 0 Å². The predicted molar refractivity (Wildman–Crippen MR) is 88.5 cm³/mol. The minimum Gasteiger partial charge on any atom is -0.502 e. The van der Waals surface area contributed by atoms with E-state index in [0.717, 1.165) is 23.4 Å². The molecule has 9 nitrogen and oxygen atoms in total. The van der Waals surface area contributed by atoms with Gasteiger partial charge in [0.15, 0.2) is 0 Å². The molecule has 0 amide bonds. The van der Waals surface area contributed by atoms with Gasteiger partial charge in [-0.3, -0.25) is 25.7 Å². The standard InChI is InChI=1S/C15H14N4O5/c1-9-3-4-10(2)13(5-9)17-16-8-11-6-12(18(21)22)7-14(15(11)20)19(23)24/h3-8,17,20H,1-2H3/b16-8+. The molecule has 0 aliphatic rings. The van der Waals surface area contributed by atoms with Crippen LogP contribution in [0.3, 0.4) is 0 Å². The molecule has 0 heterocycles. The average Bonchev–Trinajstić information content (AvgIpc) is 2.51. The van der Waals surface area contributed by atoms with Crippen LogP contribution in [0, 0.1) is 34.1 Å². The van der Waals surface area contributed by atoms with Crippen LogP contribution >= 0.6 is 0 Å². The van der Waals surface area contributed by atoms with Crippen LogP contribution in [0.2, 0.25) is 0 Å². The smallest absolute Gasteiger partial charge is 0.318 e. The van der Waals surface area contributed by atoms with Crippen molar-refractivity contribution in [3.63, 3.8) is 0 Å². The highest BCUT2D eigenvalue weighted by molar-refractivity contribution is 5.87. The van der Waals surface area contributed by atoms with Crippen LogP contribution in [0.25, 0.3) is 0 Å². The zero-order valence-electron chi connectivity index (χ0n) is 12.9. The molecule has 2 aromatic rings. The van der Waals surface area contributed by atoms with E-state index in [0.29, 0.717) is 11.8 Å². The van der Waals surface area contributed by atoms with Gasteiger partial charge in [-0.2, -0.15) is 5.10 Å². The number of phenols is 1. The lowest BCUT2D eigenvalue weighted by atomic mass is 10.1. The highest BCUT2D eigenvalue weighted by Gasteiger charge is 2.23. The van der Waals surface area contributed by atoms with E-state index in [2.05, 4.69) is 10.5 Å². The Bertz CT molecular complexity index is 848. The summed E-state index contributed by atoms with van der Waals surface area (Å²) in [6.45, 7) is 3.77. The Hall–Kier alpha value is -3.49. The number of nitrogens with zero attached hydrogens (tertiary/aromatic N) is 3. The van der Waals surface area contributed by atoms with Crippen LogP contribution in [-0.4, -0.2) is 21.2 Å². The second-order valence-electron chi connectivity index (χ2n) is 5.11. The predicted octanol–water partition coefficient (Wildman–Crippen LogP) is 3.27. The second kappa shape index (κ2) is 6.73. The Balaban J connectivity index is 2.36. The molecule has 0 saturated heterocycles. The van der Waals surface area contributed by atoms with Crippen molar-refractivity contribution in [1.82, 2.24) is 0 Å². The maximum atomic E-state index is 10.9. The molecule has 124 valence electrons. The molecule has 0 unspecified atom stereocenters. The largest absolute Gasteiger partial charge is 0.502 e. The number of nitrogens with one attached hydrogen (secondary N) is 1. The molecule has 9 heteroatoms. The number of hydrogen-bond acceptors (Lipinski definition) is 7. The summed E-state index contributed by atoms with van der Waals surface area (Å²) in [7, 11) is 0. The Morgan fingerprint density at radius 2 is 1.83 bits per heavy atom. The molecule has 0 spiro atoms. The van der Waals surface area contributed by atoms with Gasteiger partial charge in [-0.25, -0.2) is 0 Å². The van der Waals surface area contributed by atoms with Gasteiger partial charge in [0.1, 0.15) is 0 Å². The highest BCUT2D eigenvalue weighted by atomic mass is 16.6. The molecule has 2 aromatic carbocycles. The number of aromatic hydroxyl groups is 1. The lowest BCUT2D eigenvalue weighted by molar-refractivity contribution is -0.394. The molecule has 0 fully saturated rings. The average molecular weight is 330 g/mol. The number of nitro groups is 2. The molecule has 2 rings (SSSR count). The first-order valence-electron chi connectivity index (χ1n) is 6.81. The molecule has 0 atom stereocenters. The molecule has 0 aliphatic heterocycles. The Labute approximate surface area is 136 Å². The fourth-order valence-corrected chi connectivity index (χ4v) is 2.00. The number of non-ortho nitro benzene ring substituents is 1. The highest BCUT2D eigenvalue weighted by Crippen LogP contribution is 2.33. The van der Waals surface area contributed by atoms with Crippen molar-refractivity contribution in [1.29, 1.82) is 0 Å². The molecular formula is C15H14N4O5. The van der Waals surface area contributed by atoms with E-state index in [-0.39, 0.29) is 5.56 Å². The van der Waals surface area contributed by atoms with Gasteiger partial charge in [-0.05, 0) is 31.0 Å². The summed E-state index contributed by atoms with van der Waals surface area (Å²) in [5.74, 6) is -0.683. The molecule has 24 heavy (non-hydrogen) atoms. The third kappa shape index (κ3) is 3.64. The molecule has 0 aliphatic carbocycles. The molecular weight excluding hydrogens is 316 g/mol. The first-order chi connectivity index (χ1) is 11.3. The number of benzene rings is 2. The Morgan fingerprint density at radius 3 is 2.46 bits per heavy atom. The van der Waals surface area contributed by atoms with Crippen LogP contribution in [-0.2, 0) is 0 Å². The first kappa shape index (κ1) is 16.9. The van der Waals surface area contributed by atoms with Crippen molar-refractivity contribution in [3.05, 3.63) is 67.3 Å². The second-order valence-corrected chi connectivity index (χ2v) is 5.11. The van der Waals surface area contributed by atoms with E-state index in [1.165, 1.54) is 0 Å². The summed E-state index contributed by atoms with van der Waals surface area (Å²) in [5.41, 5.74) is 4.00. The number of phenolic OH excluding ortho intramolecular Hbond substituents is 1. The number of anilines is 1. The van der Waals surface area contributed by atoms with E-state index in [4.69, 9.17) is 0 Å². The van der Waals surface area contributed by atoms with Gasteiger partial charge in [0.05, 0.1) is 33.4 Å². The van der Waals surface area contributed by atoms with E-state index in [9.17, 15) is 25.3 Å². The SMILES string of the molecule is Cc1ccc(C)c(N/N=C/c2cc([N+](=O)[O-])cc([N+](=O)[O-])c2O)c1.